The predicted octanol–water partition coefficient (Wildman–Crippen LogP) is 5.20. The molecule has 3 aromatic heterocycles. The Morgan fingerprint density at radius 2 is 1.88 bits per heavy atom. The molecular formula is C32H32F3N7O. The van der Waals surface area contributed by atoms with Crippen LogP contribution in [0.3, 0.4) is 0 Å². The van der Waals surface area contributed by atoms with Crippen molar-refractivity contribution in [3.8, 4) is 5.69 Å². The van der Waals surface area contributed by atoms with E-state index in [2.05, 4.69) is 63.8 Å². The van der Waals surface area contributed by atoms with Crippen molar-refractivity contribution in [1.29, 1.82) is 0 Å². The minimum Gasteiger partial charge on any atom is -0.364 e. The van der Waals surface area contributed by atoms with Gasteiger partial charge in [0.25, 0.3) is 0 Å². The van der Waals surface area contributed by atoms with Gasteiger partial charge in [-0.25, -0.2) is 14.6 Å². The summed E-state index contributed by atoms with van der Waals surface area (Å²) >= 11 is 0. The summed E-state index contributed by atoms with van der Waals surface area (Å²) in [7, 11) is 3.55. The number of likely N-dealkylation sites (N-methyl/N-ethyl adjacent to an activating group) is 1. The van der Waals surface area contributed by atoms with Gasteiger partial charge in [0, 0.05) is 69.0 Å². The molecule has 1 amide bonds. The van der Waals surface area contributed by atoms with Gasteiger partial charge in [0.05, 0.1) is 28.1 Å². The van der Waals surface area contributed by atoms with Gasteiger partial charge in [-0.1, -0.05) is 31.2 Å². The summed E-state index contributed by atoms with van der Waals surface area (Å²) in [5.41, 5.74) is 6.59. The number of amides is 1. The number of allylic oxidation sites excluding steroid dienone is 1. The number of halogens is 3. The number of nitrogens with zero attached hydrogens (tertiary/aromatic N) is 6. The molecule has 8 nitrogen and oxygen atoms in total. The second-order valence-electron chi connectivity index (χ2n) is 12.1. The van der Waals surface area contributed by atoms with Gasteiger partial charge in [-0.15, -0.1) is 0 Å². The van der Waals surface area contributed by atoms with Crippen LogP contribution in [0.5, 0.6) is 0 Å². The van der Waals surface area contributed by atoms with Gasteiger partial charge in [-0.05, 0) is 43.0 Å². The molecule has 0 spiro atoms. The van der Waals surface area contributed by atoms with Crippen LogP contribution in [0.25, 0.3) is 11.3 Å². The normalized spacial score (nSPS) is 22.1. The van der Waals surface area contributed by atoms with E-state index < -0.39 is 22.6 Å². The zero-order valence-electron chi connectivity index (χ0n) is 24.7. The molecule has 0 fully saturated rings. The lowest BCUT2D eigenvalue weighted by atomic mass is 9.59. The summed E-state index contributed by atoms with van der Waals surface area (Å²) in [6.45, 7) is 7.20. The van der Waals surface area contributed by atoms with Gasteiger partial charge in [-0.3, -0.25) is 4.79 Å². The number of hydrogen-bond acceptors (Lipinski definition) is 5. The highest BCUT2D eigenvalue weighted by Crippen LogP contribution is 2.58. The fourth-order valence-electron chi connectivity index (χ4n) is 7.30. The van der Waals surface area contributed by atoms with E-state index in [9.17, 15) is 18.0 Å². The van der Waals surface area contributed by atoms with Crippen LogP contribution in [0.15, 0.2) is 48.9 Å². The Balaban J connectivity index is 1.46. The smallest absolute Gasteiger partial charge is 0.364 e. The molecule has 1 N–H and O–H groups in total. The number of alkyl halides is 3. The number of carbonyl (C=O) groups is 1. The molecule has 7 rings (SSSR count). The SMILES string of the molecule is CCc1cccc2c1-n1nc3c(c1C1(C)C2=CC(C)(C(=O)N(C)C)c2[nH]ccc21)CN(c1ncc(C(F)(F)F)cn1)CC3. The molecule has 1 aliphatic carbocycles. The van der Waals surface area contributed by atoms with Crippen molar-refractivity contribution in [2.75, 3.05) is 25.5 Å². The first kappa shape index (κ1) is 27.4. The monoisotopic (exact) mass is 587 g/mol. The van der Waals surface area contributed by atoms with E-state index >= 15 is 0 Å². The first-order valence-corrected chi connectivity index (χ1v) is 14.4. The Morgan fingerprint density at radius 1 is 1.14 bits per heavy atom. The zero-order valence-corrected chi connectivity index (χ0v) is 24.7. The lowest BCUT2D eigenvalue weighted by Crippen LogP contribution is -2.47. The van der Waals surface area contributed by atoms with E-state index in [-0.39, 0.29) is 11.9 Å². The van der Waals surface area contributed by atoms with Gasteiger partial charge in [-0.2, -0.15) is 18.3 Å². The third-order valence-electron chi connectivity index (χ3n) is 9.39. The number of aromatic nitrogens is 5. The lowest BCUT2D eigenvalue weighted by Gasteiger charge is -2.46. The third-order valence-corrected chi connectivity index (χ3v) is 9.39. The molecule has 3 aliphatic rings. The number of anilines is 1. The highest BCUT2D eigenvalue weighted by Gasteiger charge is 2.54. The van der Waals surface area contributed by atoms with Crippen molar-refractivity contribution in [1.82, 2.24) is 29.6 Å². The Kier molecular flexibility index (Phi) is 5.77. The number of H-pyrrole nitrogens is 1. The molecule has 222 valence electrons. The number of benzene rings is 1. The molecule has 0 radical (unpaired) electrons. The van der Waals surface area contributed by atoms with Gasteiger partial charge in [0.1, 0.15) is 5.41 Å². The topological polar surface area (TPSA) is 82.9 Å². The molecule has 0 saturated heterocycles. The van der Waals surface area contributed by atoms with Crippen molar-refractivity contribution in [2.45, 2.75) is 57.2 Å². The quantitative estimate of drug-likeness (QED) is 0.357. The largest absolute Gasteiger partial charge is 0.419 e. The summed E-state index contributed by atoms with van der Waals surface area (Å²) in [6, 6.07) is 8.35. The van der Waals surface area contributed by atoms with Crippen LogP contribution in [0.1, 0.15) is 65.7 Å². The van der Waals surface area contributed by atoms with Crippen molar-refractivity contribution in [3.05, 3.63) is 93.8 Å². The fourth-order valence-corrected chi connectivity index (χ4v) is 7.30. The molecule has 0 bridgehead atoms. The van der Waals surface area contributed by atoms with E-state index in [0.717, 1.165) is 69.4 Å². The van der Waals surface area contributed by atoms with Crippen molar-refractivity contribution in [2.24, 2.45) is 0 Å². The van der Waals surface area contributed by atoms with Crippen LogP contribution in [0.2, 0.25) is 0 Å². The van der Waals surface area contributed by atoms with Crippen LogP contribution in [0.4, 0.5) is 19.1 Å². The van der Waals surface area contributed by atoms with Crippen LogP contribution < -0.4 is 4.90 Å². The summed E-state index contributed by atoms with van der Waals surface area (Å²) in [5, 5.41) is 5.20. The molecule has 11 heteroatoms. The molecule has 1 aromatic carbocycles. The number of fused-ring (bicyclic) bond motifs is 10. The first-order chi connectivity index (χ1) is 20.4. The number of para-hydroxylation sites is 1. The first-order valence-electron chi connectivity index (χ1n) is 14.4. The number of nitrogens with one attached hydrogen (secondary N) is 1. The number of aromatic amines is 1. The van der Waals surface area contributed by atoms with E-state index in [1.165, 1.54) is 0 Å². The molecule has 2 atom stereocenters. The average molecular weight is 588 g/mol. The number of hydrogen-bond donors (Lipinski definition) is 1. The molecule has 0 saturated carbocycles. The lowest BCUT2D eigenvalue weighted by molar-refractivity contribution is -0.138. The van der Waals surface area contributed by atoms with Crippen LogP contribution >= 0.6 is 0 Å². The fraction of sp³-hybridized carbons (Fsp3) is 0.375. The summed E-state index contributed by atoms with van der Waals surface area (Å²) in [5.74, 6) is 0.228. The van der Waals surface area contributed by atoms with Crippen molar-refractivity contribution >= 4 is 17.4 Å². The molecule has 2 aliphatic heterocycles. The van der Waals surface area contributed by atoms with E-state index in [1.807, 2.05) is 18.0 Å². The zero-order chi connectivity index (χ0) is 30.5. The van der Waals surface area contributed by atoms with Crippen molar-refractivity contribution in [3.63, 3.8) is 0 Å². The van der Waals surface area contributed by atoms with Crippen LogP contribution in [-0.4, -0.2) is 56.2 Å². The number of aryl methyl sites for hydroxylation is 1. The summed E-state index contributed by atoms with van der Waals surface area (Å²) in [6.07, 6.45) is 2.58. The Hall–Kier alpha value is -4.41. The average Bonchev–Trinajstić information content (AvgIpc) is 3.64. The van der Waals surface area contributed by atoms with Gasteiger partial charge in [0.15, 0.2) is 0 Å². The minimum atomic E-state index is -4.50. The molecule has 4 aromatic rings. The molecule has 43 heavy (non-hydrogen) atoms. The summed E-state index contributed by atoms with van der Waals surface area (Å²) < 4.78 is 41.7. The minimum absolute atomic E-state index is 0.0225. The van der Waals surface area contributed by atoms with E-state index in [0.29, 0.717) is 19.5 Å². The third kappa shape index (κ3) is 3.69. The number of rotatable bonds is 3. The van der Waals surface area contributed by atoms with Crippen LogP contribution in [-0.2, 0) is 41.2 Å². The van der Waals surface area contributed by atoms with Crippen molar-refractivity contribution < 1.29 is 18.0 Å². The maximum Gasteiger partial charge on any atom is 0.419 e. The van der Waals surface area contributed by atoms with Crippen LogP contribution in [0, 0.1) is 0 Å². The maximum atomic E-state index is 13.8. The van der Waals surface area contributed by atoms with E-state index in [1.54, 1.807) is 19.0 Å². The predicted molar refractivity (Wildman–Crippen MR) is 156 cm³/mol. The second kappa shape index (κ2) is 9.05. The second-order valence-corrected chi connectivity index (χ2v) is 12.1. The van der Waals surface area contributed by atoms with Gasteiger partial charge in [0.2, 0.25) is 11.9 Å². The highest BCUT2D eigenvalue weighted by molar-refractivity contribution is 5.98. The van der Waals surface area contributed by atoms with Gasteiger partial charge < -0.3 is 14.8 Å². The molecular weight excluding hydrogens is 555 g/mol. The highest BCUT2D eigenvalue weighted by atomic mass is 19.4. The molecule has 5 heterocycles. The molecule has 2 unspecified atom stereocenters. The Bertz CT molecular complexity index is 1820. The standard InChI is InChI=1S/C32H32F3N7O/c1-6-18-8-7-9-20-23-14-30(2,28(43)40(4)5)26-22(10-12-36-26)31(23,3)27-21-17-41(13-11-24(21)39-42(27)25(18)20)29-37-15-19(16-38-29)32(33,34)35/h7-10,12,14-16,36H,6,11,13,17H2,1-5H3. The Labute approximate surface area is 247 Å². The number of carbonyl (C=O) groups excluding carboxylic acids is 1. The van der Waals surface area contributed by atoms with E-state index in [4.69, 9.17) is 5.10 Å². The summed E-state index contributed by atoms with van der Waals surface area (Å²) in [4.78, 5) is 28.9. The Morgan fingerprint density at radius 3 is 2.56 bits per heavy atom. The van der Waals surface area contributed by atoms with Gasteiger partial charge >= 0.3 is 6.18 Å². The maximum absolute atomic E-state index is 13.8.